The molecule has 5 nitrogen and oxygen atoms in total. The maximum Gasteiger partial charge on any atom is 0.225 e. The van der Waals surface area contributed by atoms with Gasteiger partial charge in [-0.25, -0.2) is 0 Å². The fraction of sp³-hybridized carbons (Fsp3) is 0.381. The summed E-state index contributed by atoms with van der Waals surface area (Å²) in [5.41, 5.74) is 2.93. The highest BCUT2D eigenvalue weighted by Gasteiger charge is 2.28. The van der Waals surface area contributed by atoms with E-state index in [-0.39, 0.29) is 18.1 Å². The van der Waals surface area contributed by atoms with E-state index in [9.17, 15) is 4.79 Å². The molecular weight excluding hydrogens is 366 g/mol. The van der Waals surface area contributed by atoms with Crippen LogP contribution in [0, 0.1) is 0 Å². The van der Waals surface area contributed by atoms with E-state index in [0.717, 1.165) is 36.1 Å². The number of amides is 1. The van der Waals surface area contributed by atoms with Gasteiger partial charge in [-0.2, -0.15) is 0 Å². The number of carbonyl (C=O) groups is 1. The second kappa shape index (κ2) is 7.79. The van der Waals surface area contributed by atoms with Gasteiger partial charge in [0.25, 0.3) is 0 Å². The molecule has 0 aromatic heterocycles. The number of hydrogen-bond donors (Lipinski definition) is 1. The zero-order chi connectivity index (χ0) is 18.8. The van der Waals surface area contributed by atoms with Crippen LogP contribution in [0.2, 0.25) is 5.02 Å². The Morgan fingerprint density at radius 2 is 2.04 bits per heavy atom. The Bertz CT molecular complexity index is 831. The van der Waals surface area contributed by atoms with Gasteiger partial charge in [0.15, 0.2) is 11.5 Å². The molecule has 4 rings (SSSR count). The summed E-state index contributed by atoms with van der Waals surface area (Å²) >= 11 is 6.01. The Morgan fingerprint density at radius 3 is 2.74 bits per heavy atom. The summed E-state index contributed by atoms with van der Waals surface area (Å²) in [5, 5.41) is 3.73. The third-order valence-corrected chi connectivity index (χ3v) is 5.30. The van der Waals surface area contributed by atoms with Gasteiger partial charge < -0.3 is 19.5 Å². The summed E-state index contributed by atoms with van der Waals surface area (Å²) in [6.07, 6.45) is 2.52. The van der Waals surface area contributed by atoms with E-state index in [2.05, 4.69) is 5.32 Å². The lowest BCUT2D eigenvalue weighted by atomic mass is 9.89. The SMILES string of the molecule is COc1cc2c(cc1OCC1CCCO1)C(c1ccc(Cl)cc1)NC(=O)C2. The normalized spacial score (nSPS) is 21.5. The molecule has 0 radical (unpaired) electrons. The highest BCUT2D eigenvalue weighted by Crippen LogP contribution is 2.38. The summed E-state index contributed by atoms with van der Waals surface area (Å²) in [4.78, 5) is 12.2. The minimum Gasteiger partial charge on any atom is -0.493 e. The topological polar surface area (TPSA) is 56.8 Å². The van der Waals surface area contributed by atoms with Crippen molar-refractivity contribution in [3.8, 4) is 11.5 Å². The summed E-state index contributed by atoms with van der Waals surface area (Å²) < 4.78 is 17.2. The summed E-state index contributed by atoms with van der Waals surface area (Å²) in [7, 11) is 1.61. The van der Waals surface area contributed by atoms with Crippen LogP contribution in [0.4, 0.5) is 0 Å². The molecule has 27 heavy (non-hydrogen) atoms. The fourth-order valence-corrected chi connectivity index (χ4v) is 3.78. The molecule has 0 bridgehead atoms. The zero-order valence-electron chi connectivity index (χ0n) is 15.2. The second-order valence-corrected chi connectivity index (χ2v) is 7.31. The first kappa shape index (κ1) is 18.1. The van der Waals surface area contributed by atoms with E-state index in [1.807, 2.05) is 36.4 Å². The monoisotopic (exact) mass is 387 g/mol. The van der Waals surface area contributed by atoms with Crippen molar-refractivity contribution in [1.82, 2.24) is 5.32 Å². The lowest BCUT2D eigenvalue weighted by molar-refractivity contribution is -0.121. The maximum atomic E-state index is 12.2. The standard InChI is InChI=1S/C21H22ClNO4/c1-25-18-9-14-10-20(24)23-21(13-4-6-15(22)7-5-13)17(14)11-19(18)27-12-16-3-2-8-26-16/h4-7,9,11,16,21H,2-3,8,10,12H2,1H3,(H,23,24). The maximum absolute atomic E-state index is 12.2. The molecule has 2 aromatic carbocycles. The number of benzene rings is 2. The van der Waals surface area contributed by atoms with Crippen molar-refractivity contribution in [1.29, 1.82) is 0 Å². The molecule has 0 aliphatic carbocycles. The lowest BCUT2D eigenvalue weighted by Gasteiger charge is -2.28. The largest absolute Gasteiger partial charge is 0.493 e. The molecule has 2 unspecified atom stereocenters. The van der Waals surface area contributed by atoms with Crippen LogP contribution >= 0.6 is 11.6 Å². The van der Waals surface area contributed by atoms with Gasteiger partial charge in [-0.3, -0.25) is 4.79 Å². The average molecular weight is 388 g/mol. The van der Waals surface area contributed by atoms with E-state index in [4.69, 9.17) is 25.8 Å². The van der Waals surface area contributed by atoms with Crippen molar-refractivity contribution in [3.63, 3.8) is 0 Å². The highest BCUT2D eigenvalue weighted by atomic mass is 35.5. The van der Waals surface area contributed by atoms with Crippen molar-refractivity contribution in [2.45, 2.75) is 31.4 Å². The molecule has 1 saturated heterocycles. The lowest BCUT2D eigenvalue weighted by Crippen LogP contribution is -2.35. The van der Waals surface area contributed by atoms with Crippen molar-refractivity contribution in [3.05, 3.63) is 58.1 Å². The first-order chi connectivity index (χ1) is 13.1. The van der Waals surface area contributed by atoms with Crippen LogP contribution in [-0.4, -0.2) is 32.3 Å². The molecule has 2 heterocycles. The van der Waals surface area contributed by atoms with E-state index < -0.39 is 0 Å². The van der Waals surface area contributed by atoms with Gasteiger partial charge in [0.2, 0.25) is 5.91 Å². The molecule has 0 saturated carbocycles. The van der Waals surface area contributed by atoms with Crippen LogP contribution in [-0.2, 0) is 16.0 Å². The molecule has 0 spiro atoms. The van der Waals surface area contributed by atoms with Crippen molar-refractivity contribution < 1.29 is 19.0 Å². The van der Waals surface area contributed by atoms with Gasteiger partial charge in [-0.05, 0) is 53.8 Å². The molecule has 2 aliphatic heterocycles. The minimum atomic E-state index is -0.241. The smallest absolute Gasteiger partial charge is 0.225 e. The van der Waals surface area contributed by atoms with Gasteiger partial charge in [-0.1, -0.05) is 23.7 Å². The Morgan fingerprint density at radius 1 is 1.22 bits per heavy atom. The fourth-order valence-electron chi connectivity index (χ4n) is 3.65. The van der Waals surface area contributed by atoms with Crippen LogP contribution in [0.1, 0.15) is 35.6 Å². The third kappa shape index (κ3) is 3.89. The molecule has 1 N–H and O–H groups in total. The van der Waals surface area contributed by atoms with Gasteiger partial charge in [0.05, 0.1) is 25.7 Å². The third-order valence-electron chi connectivity index (χ3n) is 5.04. The number of nitrogens with one attached hydrogen (secondary N) is 1. The zero-order valence-corrected chi connectivity index (χ0v) is 15.9. The number of methoxy groups -OCH3 is 1. The molecule has 2 atom stereocenters. The van der Waals surface area contributed by atoms with Crippen LogP contribution in [0.5, 0.6) is 11.5 Å². The molecule has 1 fully saturated rings. The molecule has 1 amide bonds. The van der Waals surface area contributed by atoms with Gasteiger partial charge in [0, 0.05) is 11.6 Å². The predicted octanol–water partition coefficient (Wildman–Crippen LogP) is 3.67. The Kier molecular flexibility index (Phi) is 5.23. The number of rotatable bonds is 5. The van der Waals surface area contributed by atoms with E-state index >= 15 is 0 Å². The van der Waals surface area contributed by atoms with Crippen LogP contribution in [0.25, 0.3) is 0 Å². The quantitative estimate of drug-likeness (QED) is 0.850. The van der Waals surface area contributed by atoms with Gasteiger partial charge in [0.1, 0.15) is 6.61 Å². The Balaban J connectivity index is 1.67. The second-order valence-electron chi connectivity index (χ2n) is 6.88. The first-order valence-corrected chi connectivity index (χ1v) is 9.52. The number of halogens is 1. The molecule has 6 heteroatoms. The van der Waals surface area contributed by atoms with Gasteiger partial charge in [-0.15, -0.1) is 0 Å². The van der Waals surface area contributed by atoms with Crippen molar-refractivity contribution in [2.75, 3.05) is 20.3 Å². The number of hydrogen-bond acceptors (Lipinski definition) is 4. The van der Waals surface area contributed by atoms with Crippen LogP contribution in [0.15, 0.2) is 36.4 Å². The average Bonchev–Trinajstić information content (AvgIpc) is 3.19. The van der Waals surface area contributed by atoms with Crippen LogP contribution < -0.4 is 14.8 Å². The van der Waals surface area contributed by atoms with E-state index in [1.54, 1.807) is 7.11 Å². The summed E-state index contributed by atoms with van der Waals surface area (Å²) in [6.45, 7) is 1.28. The highest BCUT2D eigenvalue weighted by molar-refractivity contribution is 6.30. The molecule has 142 valence electrons. The van der Waals surface area contributed by atoms with Crippen molar-refractivity contribution in [2.24, 2.45) is 0 Å². The number of ether oxygens (including phenoxy) is 3. The molecule has 2 aliphatic rings. The molecular formula is C21H22ClNO4. The molecule has 2 aromatic rings. The summed E-state index contributed by atoms with van der Waals surface area (Å²) in [5.74, 6) is 1.29. The van der Waals surface area contributed by atoms with Gasteiger partial charge >= 0.3 is 0 Å². The van der Waals surface area contributed by atoms with E-state index in [1.165, 1.54) is 0 Å². The van der Waals surface area contributed by atoms with Crippen LogP contribution in [0.3, 0.4) is 0 Å². The predicted molar refractivity (Wildman–Crippen MR) is 103 cm³/mol. The number of fused-ring (bicyclic) bond motifs is 1. The first-order valence-electron chi connectivity index (χ1n) is 9.14. The number of carbonyl (C=O) groups excluding carboxylic acids is 1. The van der Waals surface area contributed by atoms with Crippen molar-refractivity contribution >= 4 is 17.5 Å². The summed E-state index contributed by atoms with van der Waals surface area (Å²) in [6, 6.07) is 11.2. The Hall–Kier alpha value is -2.24. The van der Waals surface area contributed by atoms with E-state index in [0.29, 0.717) is 29.5 Å². The minimum absolute atomic E-state index is 0.0162. The Labute approximate surface area is 163 Å².